The van der Waals surface area contributed by atoms with Crippen LogP contribution >= 0.6 is 0 Å². The van der Waals surface area contributed by atoms with E-state index in [1.165, 1.54) is 0 Å². The van der Waals surface area contributed by atoms with Gasteiger partial charge in [-0.05, 0) is 0 Å². The maximum atomic E-state index is 7.14. The van der Waals surface area contributed by atoms with Crippen LogP contribution in [-0.2, 0) is 0 Å². The zero-order valence-corrected chi connectivity index (χ0v) is 3.95. The molecule has 0 unspecified atom stereocenters. The van der Waals surface area contributed by atoms with Crippen molar-refractivity contribution in [3.05, 3.63) is 0 Å². The van der Waals surface area contributed by atoms with Gasteiger partial charge in [-0.1, -0.05) is 0 Å². The summed E-state index contributed by atoms with van der Waals surface area (Å²) in [6.45, 7) is 0. The molecule has 0 aliphatic rings. The Morgan fingerprint density at radius 1 is 1.25 bits per heavy atom. The minimum absolute atomic E-state index is 0. The molecule has 0 aliphatic heterocycles. The molecule has 0 aromatic heterocycles. The van der Waals surface area contributed by atoms with Crippen LogP contribution in [0, 0.1) is 0 Å². The monoisotopic (exact) mass is 108 g/mol. The molecule has 0 radical (unpaired) electrons. The van der Waals surface area contributed by atoms with Crippen LogP contribution in [0.5, 0.6) is 0 Å². The summed E-state index contributed by atoms with van der Waals surface area (Å²) in [6, 6.07) is 0. The van der Waals surface area contributed by atoms with E-state index in [4.69, 9.17) is 4.80 Å². The standard InChI is InChI=1S/Ca.H4OSi.H2O.2H/c;1-2;;;/h;1H,2H3;1H2;;. The van der Waals surface area contributed by atoms with Crippen molar-refractivity contribution in [1.29, 1.82) is 0 Å². The minimum atomic E-state index is 0. The van der Waals surface area contributed by atoms with E-state index in [0.29, 0.717) is 10.5 Å². The van der Waals surface area contributed by atoms with Crippen LogP contribution in [-0.4, -0.2) is 58.5 Å². The third-order valence-electron chi connectivity index (χ3n) is 0. The average Bonchev–Trinajstić information content (AvgIpc) is 1.00. The second-order valence-corrected chi connectivity index (χ2v) is 0. The summed E-state index contributed by atoms with van der Waals surface area (Å²) in [7, 11) is 0.306. The van der Waals surface area contributed by atoms with Crippen molar-refractivity contribution in [2.75, 3.05) is 0 Å². The third-order valence-corrected chi connectivity index (χ3v) is 0. The van der Waals surface area contributed by atoms with Crippen molar-refractivity contribution in [3.8, 4) is 0 Å². The number of hydrogen-bond acceptors (Lipinski definition) is 1. The first-order chi connectivity index (χ1) is 1.00. The molecule has 3 N–H and O–H groups in total. The molecule has 26 valence electrons. The molecular weight excluding hydrogens is 100 g/mol. The van der Waals surface area contributed by atoms with Gasteiger partial charge in [-0.15, -0.1) is 0 Å². The van der Waals surface area contributed by atoms with Crippen molar-refractivity contribution < 1.29 is 10.3 Å². The van der Waals surface area contributed by atoms with E-state index in [-0.39, 0.29) is 43.2 Å². The van der Waals surface area contributed by atoms with E-state index in [0.717, 1.165) is 0 Å². The Morgan fingerprint density at radius 3 is 1.25 bits per heavy atom. The van der Waals surface area contributed by atoms with Crippen LogP contribution in [0.1, 0.15) is 0 Å². The summed E-state index contributed by atoms with van der Waals surface area (Å²) in [5.41, 5.74) is 0. The molecule has 0 heterocycles. The maximum absolute atomic E-state index is 7.14. The van der Waals surface area contributed by atoms with E-state index < -0.39 is 0 Å². The SMILES string of the molecule is O.O[SiH3].[CaH2]. The summed E-state index contributed by atoms with van der Waals surface area (Å²) in [5, 5.41) is 0. The topological polar surface area (TPSA) is 51.7 Å². The fourth-order valence-corrected chi connectivity index (χ4v) is 0. The molecule has 0 saturated heterocycles. The second-order valence-electron chi connectivity index (χ2n) is 0. The van der Waals surface area contributed by atoms with Gasteiger partial charge in [0, 0.05) is 0 Å². The Kier molecular flexibility index (Phi) is 118. The molecule has 0 aromatic rings. The fraction of sp³-hybridized carbons (Fsp3) is 0. The molecule has 0 saturated carbocycles. The quantitative estimate of drug-likeness (QED) is 0.322. The Bertz CT molecular complexity index is 6.00. The molecule has 0 fully saturated rings. The predicted octanol–water partition coefficient (Wildman–Crippen LogP) is -3.48. The van der Waals surface area contributed by atoms with Crippen molar-refractivity contribution >= 4 is 48.2 Å². The van der Waals surface area contributed by atoms with E-state index in [2.05, 4.69) is 0 Å². The van der Waals surface area contributed by atoms with E-state index >= 15 is 0 Å². The summed E-state index contributed by atoms with van der Waals surface area (Å²) < 4.78 is 0. The van der Waals surface area contributed by atoms with Crippen LogP contribution in [0.4, 0.5) is 0 Å². The zero-order valence-electron chi connectivity index (χ0n) is 1.95. The van der Waals surface area contributed by atoms with Crippen LogP contribution in [0.2, 0.25) is 0 Å². The van der Waals surface area contributed by atoms with Crippen LogP contribution in [0.15, 0.2) is 0 Å². The Balaban J connectivity index is -0.00000000500. The molecular formula is H8CaO2Si. The van der Waals surface area contributed by atoms with Crippen molar-refractivity contribution in [3.63, 3.8) is 0 Å². The summed E-state index contributed by atoms with van der Waals surface area (Å²) >= 11 is 0. The molecule has 2 nitrogen and oxygen atoms in total. The summed E-state index contributed by atoms with van der Waals surface area (Å²) in [4.78, 5) is 7.14. The number of rotatable bonds is 0. The van der Waals surface area contributed by atoms with Gasteiger partial charge in [0.25, 0.3) is 0 Å². The first-order valence-electron chi connectivity index (χ1n) is 0.447. The van der Waals surface area contributed by atoms with Gasteiger partial charge in [0.2, 0.25) is 0 Å². The third kappa shape index (κ3) is 10.0. The van der Waals surface area contributed by atoms with Gasteiger partial charge in [0.1, 0.15) is 10.5 Å². The first kappa shape index (κ1) is 18.2. The molecule has 0 amide bonds. The molecule has 0 atom stereocenters. The molecule has 0 aromatic carbocycles. The fourth-order valence-electron chi connectivity index (χ4n) is 0. The predicted molar refractivity (Wildman–Crippen MR) is 24.3 cm³/mol. The molecule has 0 rings (SSSR count). The molecule has 4 heavy (non-hydrogen) atoms. The molecule has 0 bridgehead atoms. The van der Waals surface area contributed by atoms with Gasteiger partial charge in [0.15, 0.2) is 0 Å². The van der Waals surface area contributed by atoms with Crippen molar-refractivity contribution in [2.45, 2.75) is 0 Å². The summed E-state index contributed by atoms with van der Waals surface area (Å²) in [5.74, 6) is 0. The molecule has 4 heteroatoms. The normalized spacial score (nSPS) is 2.25. The van der Waals surface area contributed by atoms with Crippen LogP contribution in [0.3, 0.4) is 0 Å². The van der Waals surface area contributed by atoms with Crippen LogP contribution in [0.25, 0.3) is 0 Å². The zero-order chi connectivity index (χ0) is 2.00. The average molecular weight is 108 g/mol. The molecule has 0 aliphatic carbocycles. The second kappa shape index (κ2) is 26.0. The Labute approximate surface area is 58.1 Å². The first-order valence-corrected chi connectivity index (χ1v) is 1.34. The van der Waals surface area contributed by atoms with Gasteiger partial charge in [-0.25, -0.2) is 0 Å². The van der Waals surface area contributed by atoms with E-state index in [9.17, 15) is 0 Å². The van der Waals surface area contributed by atoms with Gasteiger partial charge in [-0.3, -0.25) is 0 Å². The number of hydrogen-bond donors (Lipinski definition) is 1. The van der Waals surface area contributed by atoms with Gasteiger partial charge in [-0.2, -0.15) is 0 Å². The molecule has 0 spiro atoms. The van der Waals surface area contributed by atoms with Gasteiger partial charge in [0.05, 0.1) is 0 Å². The van der Waals surface area contributed by atoms with Crippen molar-refractivity contribution in [1.82, 2.24) is 0 Å². The van der Waals surface area contributed by atoms with Gasteiger partial charge < -0.3 is 10.3 Å². The van der Waals surface area contributed by atoms with Crippen LogP contribution < -0.4 is 0 Å². The van der Waals surface area contributed by atoms with E-state index in [1.54, 1.807) is 0 Å². The van der Waals surface area contributed by atoms with Crippen molar-refractivity contribution in [2.24, 2.45) is 0 Å². The Morgan fingerprint density at radius 2 is 1.25 bits per heavy atom. The van der Waals surface area contributed by atoms with Gasteiger partial charge >= 0.3 is 37.7 Å². The summed E-state index contributed by atoms with van der Waals surface area (Å²) in [6.07, 6.45) is 0. The Hall–Kier alpha value is 1.40. The van der Waals surface area contributed by atoms with E-state index in [1.807, 2.05) is 0 Å².